The molecule has 0 aromatic heterocycles. The monoisotopic (exact) mass is 204 g/mol. The van der Waals surface area contributed by atoms with Crippen LogP contribution in [-0.4, -0.2) is 12.1 Å². The van der Waals surface area contributed by atoms with Gasteiger partial charge in [0.25, 0.3) is 0 Å². The minimum Gasteiger partial charge on any atom is -0.273 e. The van der Waals surface area contributed by atoms with Crippen molar-refractivity contribution in [1.82, 2.24) is 5.43 Å². The molecule has 3 unspecified atom stereocenters. The van der Waals surface area contributed by atoms with Gasteiger partial charge in [-0.15, -0.1) is 0 Å². The van der Waals surface area contributed by atoms with Crippen LogP contribution in [0.3, 0.4) is 0 Å². The number of carbonyl (C=O) groups excluding carboxylic acids is 1. The SMILES string of the molecule is O=C(N/N=C/C1CC2C=CC1C2)C1CC1. The molecule has 15 heavy (non-hydrogen) atoms. The van der Waals surface area contributed by atoms with Gasteiger partial charge in [-0.1, -0.05) is 12.2 Å². The molecule has 0 aromatic carbocycles. The third-order valence-corrected chi connectivity index (χ3v) is 3.72. The second-order valence-electron chi connectivity index (χ2n) is 4.97. The van der Waals surface area contributed by atoms with Gasteiger partial charge in [-0.25, -0.2) is 5.43 Å². The fraction of sp³-hybridized carbons (Fsp3) is 0.667. The second kappa shape index (κ2) is 3.47. The first-order valence-corrected chi connectivity index (χ1v) is 5.84. The van der Waals surface area contributed by atoms with Crippen molar-refractivity contribution in [2.75, 3.05) is 0 Å². The van der Waals surface area contributed by atoms with Crippen molar-refractivity contribution < 1.29 is 4.79 Å². The number of hydrazone groups is 1. The molecule has 3 heteroatoms. The van der Waals surface area contributed by atoms with Crippen molar-refractivity contribution in [3.63, 3.8) is 0 Å². The van der Waals surface area contributed by atoms with Gasteiger partial charge < -0.3 is 0 Å². The van der Waals surface area contributed by atoms with Crippen LogP contribution in [0.25, 0.3) is 0 Å². The van der Waals surface area contributed by atoms with Crippen LogP contribution in [0.2, 0.25) is 0 Å². The predicted octanol–water partition coefficient (Wildman–Crippen LogP) is 1.71. The molecule has 0 aliphatic heterocycles. The Morgan fingerprint density at radius 3 is 2.80 bits per heavy atom. The summed E-state index contributed by atoms with van der Waals surface area (Å²) in [5.41, 5.74) is 2.64. The third-order valence-electron chi connectivity index (χ3n) is 3.72. The number of fused-ring (bicyclic) bond motifs is 2. The smallest absolute Gasteiger partial charge is 0.243 e. The molecule has 3 nitrogen and oxygen atoms in total. The summed E-state index contributed by atoms with van der Waals surface area (Å²) in [6.07, 6.45) is 11.1. The normalized spacial score (nSPS) is 37.7. The van der Waals surface area contributed by atoms with E-state index in [1.54, 1.807) is 0 Å². The molecule has 2 fully saturated rings. The van der Waals surface area contributed by atoms with Gasteiger partial charge in [0, 0.05) is 18.1 Å². The van der Waals surface area contributed by atoms with E-state index in [9.17, 15) is 4.79 Å². The van der Waals surface area contributed by atoms with Gasteiger partial charge in [0.05, 0.1) is 0 Å². The zero-order valence-electron chi connectivity index (χ0n) is 8.73. The minimum absolute atomic E-state index is 0.102. The largest absolute Gasteiger partial charge is 0.273 e. The Morgan fingerprint density at radius 1 is 1.33 bits per heavy atom. The quantitative estimate of drug-likeness (QED) is 0.424. The summed E-state index contributed by atoms with van der Waals surface area (Å²) in [5.74, 6) is 2.36. The molecular weight excluding hydrogens is 188 g/mol. The van der Waals surface area contributed by atoms with E-state index in [1.165, 1.54) is 12.8 Å². The number of nitrogens with zero attached hydrogens (tertiary/aromatic N) is 1. The van der Waals surface area contributed by atoms with Crippen molar-refractivity contribution >= 4 is 12.1 Å². The maximum absolute atomic E-state index is 11.3. The van der Waals surface area contributed by atoms with Crippen LogP contribution in [-0.2, 0) is 4.79 Å². The maximum Gasteiger partial charge on any atom is 0.243 e. The van der Waals surface area contributed by atoms with E-state index in [-0.39, 0.29) is 11.8 Å². The van der Waals surface area contributed by atoms with Crippen molar-refractivity contribution in [1.29, 1.82) is 0 Å². The van der Waals surface area contributed by atoms with Gasteiger partial charge in [-0.05, 0) is 37.5 Å². The van der Waals surface area contributed by atoms with Gasteiger partial charge in [-0.2, -0.15) is 5.10 Å². The highest BCUT2D eigenvalue weighted by Crippen LogP contribution is 2.42. The summed E-state index contributed by atoms with van der Waals surface area (Å²) in [6.45, 7) is 0. The first-order chi connectivity index (χ1) is 7.33. The number of amides is 1. The van der Waals surface area contributed by atoms with Crippen molar-refractivity contribution in [3.8, 4) is 0 Å². The number of rotatable bonds is 3. The van der Waals surface area contributed by atoms with E-state index in [0.29, 0.717) is 11.8 Å². The number of allylic oxidation sites excluding steroid dienone is 2. The van der Waals surface area contributed by atoms with E-state index >= 15 is 0 Å². The second-order valence-corrected chi connectivity index (χ2v) is 4.97. The molecule has 0 heterocycles. The van der Waals surface area contributed by atoms with E-state index in [2.05, 4.69) is 22.7 Å². The zero-order valence-corrected chi connectivity index (χ0v) is 8.73. The summed E-state index contributed by atoms with van der Waals surface area (Å²) >= 11 is 0. The van der Waals surface area contributed by atoms with Crippen LogP contribution < -0.4 is 5.43 Å². The standard InChI is InChI=1S/C12H16N2O/c15-12(9-3-4-9)14-13-7-11-6-8-1-2-10(11)5-8/h1-2,7-11H,3-6H2,(H,14,15)/b13-7+. The number of nitrogens with one attached hydrogen (secondary N) is 1. The zero-order chi connectivity index (χ0) is 10.3. The third kappa shape index (κ3) is 1.83. The Kier molecular flexibility index (Phi) is 2.11. The highest BCUT2D eigenvalue weighted by molar-refractivity contribution is 5.81. The van der Waals surface area contributed by atoms with Crippen LogP contribution in [0.5, 0.6) is 0 Å². The minimum atomic E-state index is 0.102. The predicted molar refractivity (Wildman–Crippen MR) is 58.2 cm³/mol. The summed E-state index contributed by atoms with van der Waals surface area (Å²) in [7, 11) is 0. The summed E-state index contributed by atoms with van der Waals surface area (Å²) in [4.78, 5) is 11.3. The lowest BCUT2D eigenvalue weighted by molar-refractivity contribution is -0.122. The van der Waals surface area contributed by atoms with E-state index in [1.807, 2.05) is 6.21 Å². The Hall–Kier alpha value is -1.12. The summed E-state index contributed by atoms with van der Waals surface area (Å²) in [6, 6.07) is 0. The Labute approximate surface area is 89.6 Å². The number of carbonyl (C=O) groups is 1. The van der Waals surface area contributed by atoms with Gasteiger partial charge in [-0.3, -0.25) is 4.79 Å². The average Bonchev–Trinajstić information content (AvgIpc) is 2.90. The molecule has 1 amide bonds. The van der Waals surface area contributed by atoms with Crippen LogP contribution in [0, 0.1) is 23.7 Å². The van der Waals surface area contributed by atoms with E-state index in [0.717, 1.165) is 18.8 Å². The molecule has 0 radical (unpaired) electrons. The van der Waals surface area contributed by atoms with E-state index in [4.69, 9.17) is 0 Å². The average molecular weight is 204 g/mol. The lowest BCUT2D eigenvalue weighted by atomic mass is 9.95. The van der Waals surface area contributed by atoms with Gasteiger partial charge in [0.15, 0.2) is 0 Å². The molecule has 0 spiro atoms. The molecule has 1 N–H and O–H groups in total. The Morgan fingerprint density at radius 2 is 2.20 bits per heavy atom. The Bertz CT molecular complexity index is 331. The maximum atomic E-state index is 11.3. The van der Waals surface area contributed by atoms with Crippen LogP contribution >= 0.6 is 0 Å². The lowest BCUT2D eigenvalue weighted by Crippen LogP contribution is -2.20. The fourth-order valence-corrected chi connectivity index (χ4v) is 2.63. The van der Waals surface area contributed by atoms with Gasteiger partial charge in [0.1, 0.15) is 0 Å². The molecule has 0 aromatic rings. The van der Waals surface area contributed by atoms with Crippen molar-refractivity contribution in [2.24, 2.45) is 28.8 Å². The molecule has 2 bridgehead atoms. The van der Waals surface area contributed by atoms with Crippen LogP contribution in [0.1, 0.15) is 25.7 Å². The fourth-order valence-electron chi connectivity index (χ4n) is 2.63. The van der Waals surface area contributed by atoms with Crippen molar-refractivity contribution in [2.45, 2.75) is 25.7 Å². The molecule has 3 rings (SSSR count). The number of hydrogen-bond donors (Lipinski definition) is 1. The molecule has 3 aliphatic carbocycles. The topological polar surface area (TPSA) is 41.5 Å². The molecule has 3 aliphatic rings. The lowest BCUT2D eigenvalue weighted by Gasteiger charge is -2.11. The highest BCUT2D eigenvalue weighted by atomic mass is 16.2. The summed E-state index contributed by atoms with van der Waals surface area (Å²) < 4.78 is 0. The van der Waals surface area contributed by atoms with Crippen molar-refractivity contribution in [3.05, 3.63) is 12.2 Å². The van der Waals surface area contributed by atoms with Crippen LogP contribution in [0.4, 0.5) is 0 Å². The summed E-state index contributed by atoms with van der Waals surface area (Å²) in [5, 5.41) is 4.07. The Balaban J connectivity index is 1.50. The highest BCUT2D eigenvalue weighted by Gasteiger charge is 2.34. The first kappa shape index (κ1) is 9.13. The molecule has 3 atom stereocenters. The number of hydrogen-bond acceptors (Lipinski definition) is 2. The molecule has 80 valence electrons. The van der Waals surface area contributed by atoms with Crippen LogP contribution in [0.15, 0.2) is 17.3 Å². The molecule has 2 saturated carbocycles. The first-order valence-electron chi connectivity index (χ1n) is 5.84. The molecule has 0 saturated heterocycles. The molecular formula is C12H16N2O. The van der Waals surface area contributed by atoms with Gasteiger partial charge in [0.2, 0.25) is 5.91 Å². The van der Waals surface area contributed by atoms with E-state index < -0.39 is 0 Å². The van der Waals surface area contributed by atoms with Gasteiger partial charge >= 0.3 is 0 Å².